The molecule has 0 saturated carbocycles. The third-order valence-electron chi connectivity index (χ3n) is 4.13. The molecule has 0 amide bonds. The highest BCUT2D eigenvalue weighted by Crippen LogP contribution is 2.25. The van der Waals surface area contributed by atoms with Crippen molar-refractivity contribution in [1.29, 1.82) is 5.26 Å². The Labute approximate surface area is 142 Å². The van der Waals surface area contributed by atoms with Crippen molar-refractivity contribution in [3.05, 3.63) is 35.4 Å². The summed E-state index contributed by atoms with van der Waals surface area (Å²) in [6, 6.07) is 8.37. The standard InChI is InChI=1S/C17H17F3N2O3/c18-17(19,20)16(24)25-22-9-7-12(8-10-22)3-6-15(23)14-4-1-13(11-21)2-5-14/h1-2,4-5,12H,3,6-10H2. The number of alkyl halides is 3. The highest BCUT2D eigenvalue weighted by Gasteiger charge is 2.42. The molecule has 0 aromatic heterocycles. The zero-order chi connectivity index (χ0) is 18.4. The number of ketones is 1. The first kappa shape index (κ1) is 18.9. The van der Waals surface area contributed by atoms with Crippen molar-refractivity contribution < 1.29 is 27.6 Å². The van der Waals surface area contributed by atoms with Crippen molar-refractivity contribution in [3.8, 4) is 6.07 Å². The average Bonchev–Trinajstić information content (AvgIpc) is 2.60. The number of carbonyl (C=O) groups is 2. The molecule has 0 aliphatic carbocycles. The second-order valence-corrected chi connectivity index (χ2v) is 5.90. The Bertz CT molecular complexity index is 657. The number of halogens is 3. The van der Waals surface area contributed by atoms with E-state index in [4.69, 9.17) is 5.26 Å². The fraction of sp³-hybridized carbons (Fsp3) is 0.471. The van der Waals surface area contributed by atoms with Crippen LogP contribution in [0.5, 0.6) is 0 Å². The smallest absolute Gasteiger partial charge is 0.361 e. The first-order valence-corrected chi connectivity index (χ1v) is 7.87. The molecule has 1 fully saturated rings. The van der Waals surface area contributed by atoms with E-state index in [0.29, 0.717) is 36.8 Å². The third kappa shape index (κ3) is 5.57. The summed E-state index contributed by atoms with van der Waals surface area (Å²) >= 11 is 0. The number of nitrogens with zero attached hydrogens (tertiary/aromatic N) is 2. The minimum atomic E-state index is -5.00. The van der Waals surface area contributed by atoms with Crippen LogP contribution < -0.4 is 0 Å². The van der Waals surface area contributed by atoms with Gasteiger partial charge in [0.25, 0.3) is 0 Å². The summed E-state index contributed by atoms with van der Waals surface area (Å²) in [5, 5.41) is 9.75. The van der Waals surface area contributed by atoms with E-state index in [1.54, 1.807) is 24.3 Å². The quantitative estimate of drug-likeness (QED) is 0.759. The Morgan fingerprint density at radius 3 is 2.32 bits per heavy atom. The van der Waals surface area contributed by atoms with Crippen molar-refractivity contribution in [1.82, 2.24) is 5.06 Å². The molecule has 1 aromatic rings. The van der Waals surface area contributed by atoms with Gasteiger partial charge in [0, 0.05) is 25.1 Å². The summed E-state index contributed by atoms with van der Waals surface area (Å²) in [6.07, 6.45) is -2.92. The molecule has 0 N–H and O–H groups in total. The molecule has 25 heavy (non-hydrogen) atoms. The molecule has 1 aliphatic heterocycles. The van der Waals surface area contributed by atoms with Crippen LogP contribution in [0.25, 0.3) is 0 Å². The van der Waals surface area contributed by atoms with Gasteiger partial charge >= 0.3 is 12.1 Å². The van der Waals surface area contributed by atoms with Gasteiger partial charge in [-0.3, -0.25) is 4.79 Å². The minimum Gasteiger partial charge on any atom is -0.361 e. The molecular formula is C17H17F3N2O3. The molecular weight excluding hydrogens is 337 g/mol. The van der Waals surface area contributed by atoms with Crippen LogP contribution in [0.15, 0.2) is 24.3 Å². The van der Waals surface area contributed by atoms with Gasteiger partial charge < -0.3 is 4.84 Å². The predicted molar refractivity (Wildman–Crippen MR) is 81.2 cm³/mol. The fourth-order valence-electron chi connectivity index (χ4n) is 2.67. The van der Waals surface area contributed by atoms with Gasteiger partial charge in [-0.2, -0.15) is 18.4 Å². The topological polar surface area (TPSA) is 70.4 Å². The molecule has 0 radical (unpaired) electrons. The fourth-order valence-corrected chi connectivity index (χ4v) is 2.67. The lowest BCUT2D eigenvalue weighted by molar-refractivity contribution is -0.242. The normalized spacial score (nSPS) is 16.2. The summed E-state index contributed by atoms with van der Waals surface area (Å²) in [5.74, 6) is -2.04. The van der Waals surface area contributed by atoms with E-state index in [1.807, 2.05) is 6.07 Å². The summed E-state index contributed by atoms with van der Waals surface area (Å²) < 4.78 is 36.4. The molecule has 5 nitrogen and oxygen atoms in total. The number of carbonyl (C=O) groups excluding carboxylic acids is 2. The molecule has 1 saturated heterocycles. The number of hydrogen-bond donors (Lipinski definition) is 0. The van der Waals surface area contributed by atoms with E-state index in [-0.39, 0.29) is 24.8 Å². The number of benzene rings is 1. The van der Waals surface area contributed by atoms with Gasteiger partial charge in [-0.25, -0.2) is 4.79 Å². The maximum atomic E-state index is 12.1. The van der Waals surface area contributed by atoms with Crippen LogP contribution in [-0.4, -0.2) is 36.1 Å². The van der Waals surface area contributed by atoms with Gasteiger partial charge in [0.05, 0.1) is 11.6 Å². The average molecular weight is 354 g/mol. The first-order chi connectivity index (χ1) is 11.8. The Kier molecular flexibility index (Phi) is 6.15. The van der Waals surface area contributed by atoms with E-state index in [1.165, 1.54) is 0 Å². The molecule has 0 atom stereocenters. The highest BCUT2D eigenvalue weighted by molar-refractivity contribution is 5.96. The molecule has 0 spiro atoms. The van der Waals surface area contributed by atoms with Crippen LogP contribution in [0.3, 0.4) is 0 Å². The van der Waals surface area contributed by atoms with Crippen molar-refractivity contribution in [2.75, 3.05) is 13.1 Å². The summed E-state index contributed by atoms with van der Waals surface area (Å²) in [6.45, 7) is 0.440. The van der Waals surface area contributed by atoms with E-state index in [2.05, 4.69) is 4.84 Å². The number of rotatable bonds is 5. The Balaban J connectivity index is 1.74. The lowest BCUT2D eigenvalue weighted by Gasteiger charge is -2.30. The van der Waals surface area contributed by atoms with Gasteiger partial charge in [-0.15, -0.1) is 5.06 Å². The number of Topliss-reactive ketones (excluding diaryl/α,β-unsaturated/α-hetero) is 1. The van der Waals surface area contributed by atoms with Crippen LogP contribution in [0.4, 0.5) is 13.2 Å². The summed E-state index contributed by atoms with van der Waals surface area (Å²) in [4.78, 5) is 27.2. The molecule has 1 aliphatic rings. The lowest BCUT2D eigenvalue weighted by atomic mass is 9.91. The Hall–Kier alpha value is -2.40. The second-order valence-electron chi connectivity index (χ2n) is 5.90. The number of nitriles is 1. The zero-order valence-corrected chi connectivity index (χ0v) is 13.4. The van der Waals surface area contributed by atoms with Gasteiger partial charge in [-0.05, 0) is 37.3 Å². The largest absolute Gasteiger partial charge is 0.492 e. The SMILES string of the molecule is N#Cc1ccc(C(=O)CCC2CCN(OC(=O)C(F)(F)F)CC2)cc1. The van der Waals surface area contributed by atoms with Crippen LogP contribution >= 0.6 is 0 Å². The molecule has 8 heteroatoms. The van der Waals surface area contributed by atoms with Crippen LogP contribution in [0.1, 0.15) is 41.6 Å². The molecule has 134 valence electrons. The van der Waals surface area contributed by atoms with E-state index < -0.39 is 12.1 Å². The van der Waals surface area contributed by atoms with Gasteiger partial charge in [0.1, 0.15) is 0 Å². The van der Waals surface area contributed by atoms with Crippen molar-refractivity contribution in [3.63, 3.8) is 0 Å². The molecule has 1 heterocycles. The minimum absolute atomic E-state index is 0.0320. The number of hydroxylamine groups is 2. The molecule has 0 bridgehead atoms. The van der Waals surface area contributed by atoms with Crippen LogP contribution in [0, 0.1) is 17.2 Å². The maximum absolute atomic E-state index is 12.1. The number of hydrogen-bond acceptors (Lipinski definition) is 5. The molecule has 2 rings (SSSR count). The second kappa shape index (κ2) is 8.12. The maximum Gasteiger partial charge on any atom is 0.492 e. The highest BCUT2D eigenvalue weighted by atomic mass is 19.4. The van der Waals surface area contributed by atoms with Crippen molar-refractivity contribution in [2.45, 2.75) is 31.9 Å². The lowest BCUT2D eigenvalue weighted by Crippen LogP contribution is -2.39. The number of piperidine rings is 1. The first-order valence-electron chi connectivity index (χ1n) is 7.87. The zero-order valence-electron chi connectivity index (χ0n) is 13.4. The predicted octanol–water partition coefficient (Wildman–Crippen LogP) is 3.25. The van der Waals surface area contributed by atoms with Gasteiger partial charge in [-0.1, -0.05) is 12.1 Å². The van der Waals surface area contributed by atoms with Crippen molar-refractivity contribution >= 4 is 11.8 Å². The van der Waals surface area contributed by atoms with E-state index in [9.17, 15) is 22.8 Å². The summed E-state index contributed by atoms with van der Waals surface area (Å²) in [7, 11) is 0. The van der Waals surface area contributed by atoms with E-state index >= 15 is 0 Å². The van der Waals surface area contributed by atoms with Crippen LogP contribution in [-0.2, 0) is 9.63 Å². The van der Waals surface area contributed by atoms with Gasteiger partial charge in [0.15, 0.2) is 5.78 Å². The van der Waals surface area contributed by atoms with Crippen LogP contribution in [0.2, 0.25) is 0 Å². The van der Waals surface area contributed by atoms with E-state index in [0.717, 1.165) is 5.06 Å². The summed E-state index contributed by atoms with van der Waals surface area (Å²) in [5.41, 5.74) is 1.02. The monoisotopic (exact) mass is 354 g/mol. The Morgan fingerprint density at radius 1 is 1.20 bits per heavy atom. The Morgan fingerprint density at radius 2 is 1.80 bits per heavy atom. The third-order valence-corrected chi connectivity index (χ3v) is 4.13. The molecule has 1 aromatic carbocycles. The van der Waals surface area contributed by atoms with Crippen molar-refractivity contribution in [2.24, 2.45) is 5.92 Å². The van der Waals surface area contributed by atoms with Gasteiger partial charge in [0.2, 0.25) is 0 Å². The molecule has 0 unspecified atom stereocenters.